The van der Waals surface area contributed by atoms with Crippen LogP contribution >= 0.6 is 0 Å². The molecule has 1 heterocycles. The Morgan fingerprint density at radius 1 is 0.893 bits per heavy atom. The molecule has 3 aromatic rings. The Labute approximate surface area is 166 Å². The molecule has 3 rings (SSSR count). The van der Waals surface area contributed by atoms with Gasteiger partial charge in [-0.25, -0.2) is 4.98 Å². The Morgan fingerprint density at radius 3 is 2.14 bits per heavy atom. The van der Waals surface area contributed by atoms with E-state index < -0.39 is 0 Å². The molecule has 0 aliphatic heterocycles. The number of carbonyl (C=O) groups excluding carboxylic acids is 1. The topological polar surface area (TPSA) is 48.5 Å². The van der Waals surface area contributed by atoms with Crippen LogP contribution in [0.25, 0.3) is 0 Å². The number of nitrogens with zero attached hydrogens (tertiary/aromatic N) is 3. The van der Waals surface area contributed by atoms with E-state index in [0.717, 1.165) is 36.0 Å². The number of anilines is 4. The van der Waals surface area contributed by atoms with E-state index in [9.17, 15) is 4.79 Å². The highest BCUT2D eigenvalue weighted by molar-refractivity contribution is 6.04. The molecule has 0 atom stereocenters. The zero-order valence-corrected chi connectivity index (χ0v) is 16.6. The van der Waals surface area contributed by atoms with Crippen LogP contribution in [0.1, 0.15) is 24.2 Å². The Balaban J connectivity index is 1.66. The molecule has 0 saturated carbocycles. The standard InChI is InChI=1S/C23H26N4O/c1-4-27(5-2)21-14-12-19(13-15-21)25-23(28)18-11-16-22(24-17-18)26(3)20-9-7-6-8-10-20/h6-17H,4-5H2,1-3H3,(H,25,28). The van der Waals surface area contributed by atoms with Gasteiger partial charge in [0.15, 0.2) is 0 Å². The van der Waals surface area contributed by atoms with Crippen molar-refractivity contribution in [2.45, 2.75) is 13.8 Å². The second-order valence-electron chi connectivity index (χ2n) is 6.47. The third-order valence-corrected chi connectivity index (χ3v) is 4.75. The first kappa shape index (κ1) is 19.4. The van der Waals surface area contributed by atoms with Crippen LogP contribution in [-0.2, 0) is 0 Å². The number of nitrogens with one attached hydrogen (secondary N) is 1. The molecule has 0 saturated heterocycles. The van der Waals surface area contributed by atoms with Gasteiger partial charge in [0.2, 0.25) is 0 Å². The predicted octanol–water partition coefficient (Wildman–Crippen LogP) is 4.95. The Kier molecular flexibility index (Phi) is 6.27. The SMILES string of the molecule is CCN(CC)c1ccc(NC(=O)c2ccc(N(C)c3ccccc3)nc2)cc1. The van der Waals surface area contributed by atoms with Crippen LogP contribution in [0.2, 0.25) is 0 Å². The number of aromatic nitrogens is 1. The lowest BCUT2D eigenvalue weighted by Crippen LogP contribution is -2.21. The van der Waals surface area contributed by atoms with E-state index in [1.54, 1.807) is 12.3 Å². The van der Waals surface area contributed by atoms with Crippen LogP contribution in [0.4, 0.5) is 22.9 Å². The maximum Gasteiger partial charge on any atom is 0.257 e. The fraction of sp³-hybridized carbons (Fsp3) is 0.217. The van der Waals surface area contributed by atoms with Crippen molar-refractivity contribution in [1.82, 2.24) is 4.98 Å². The van der Waals surface area contributed by atoms with Gasteiger partial charge in [-0.15, -0.1) is 0 Å². The predicted molar refractivity (Wildman–Crippen MR) is 117 cm³/mol. The minimum absolute atomic E-state index is 0.169. The second kappa shape index (κ2) is 9.04. The van der Waals surface area contributed by atoms with E-state index in [1.807, 2.05) is 72.6 Å². The maximum atomic E-state index is 12.5. The molecule has 144 valence electrons. The molecule has 0 fully saturated rings. The number of benzene rings is 2. The van der Waals surface area contributed by atoms with Gasteiger partial charge in [0, 0.05) is 43.4 Å². The smallest absolute Gasteiger partial charge is 0.257 e. The van der Waals surface area contributed by atoms with Crippen molar-refractivity contribution in [3.8, 4) is 0 Å². The third kappa shape index (κ3) is 4.49. The minimum atomic E-state index is -0.169. The second-order valence-corrected chi connectivity index (χ2v) is 6.47. The highest BCUT2D eigenvalue weighted by atomic mass is 16.1. The summed E-state index contributed by atoms with van der Waals surface area (Å²) in [5, 5.41) is 2.93. The molecule has 5 heteroatoms. The normalized spacial score (nSPS) is 10.4. The van der Waals surface area contributed by atoms with Crippen molar-refractivity contribution in [3.05, 3.63) is 78.5 Å². The highest BCUT2D eigenvalue weighted by Crippen LogP contribution is 2.22. The molecule has 0 bridgehead atoms. The molecule has 28 heavy (non-hydrogen) atoms. The van der Waals surface area contributed by atoms with Crippen molar-refractivity contribution in [2.24, 2.45) is 0 Å². The lowest BCUT2D eigenvalue weighted by atomic mass is 10.2. The number of rotatable bonds is 7. The molecular weight excluding hydrogens is 348 g/mol. The maximum absolute atomic E-state index is 12.5. The molecule has 0 unspecified atom stereocenters. The van der Waals surface area contributed by atoms with E-state index in [1.165, 1.54) is 0 Å². The van der Waals surface area contributed by atoms with E-state index in [-0.39, 0.29) is 5.91 Å². The Bertz CT molecular complexity index is 888. The largest absolute Gasteiger partial charge is 0.372 e. The van der Waals surface area contributed by atoms with Gasteiger partial charge in [-0.1, -0.05) is 18.2 Å². The summed E-state index contributed by atoms with van der Waals surface area (Å²) in [4.78, 5) is 21.2. The van der Waals surface area contributed by atoms with Gasteiger partial charge in [0.1, 0.15) is 5.82 Å². The zero-order chi connectivity index (χ0) is 19.9. The first-order chi connectivity index (χ1) is 13.6. The summed E-state index contributed by atoms with van der Waals surface area (Å²) in [5.41, 5.74) is 3.49. The molecule has 0 spiro atoms. The minimum Gasteiger partial charge on any atom is -0.372 e. The monoisotopic (exact) mass is 374 g/mol. The van der Waals surface area contributed by atoms with E-state index >= 15 is 0 Å². The summed E-state index contributed by atoms with van der Waals surface area (Å²) < 4.78 is 0. The third-order valence-electron chi connectivity index (χ3n) is 4.75. The van der Waals surface area contributed by atoms with Crippen LogP contribution in [0, 0.1) is 0 Å². The van der Waals surface area contributed by atoms with E-state index in [0.29, 0.717) is 5.56 Å². The van der Waals surface area contributed by atoms with Gasteiger partial charge in [-0.3, -0.25) is 4.79 Å². The molecule has 1 aromatic heterocycles. The van der Waals surface area contributed by atoms with Crippen LogP contribution in [-0.4, -0.2) is 31.0 Å². The molecule has 1 N–H and O–H groups in total. The van der Waals surface area contributed by atoms with Crippen molar-refractivity contribution in [2.75, 3.05) is 35.3 Å². The highest BCUT2D eigenvalue weighted by Gasteiger charge is 2.10. The van der Waals surface area contributed by atoms with Gasteiger partial charge in [0.25, 0.3) is 5.91 Å². The summed E-state index contributed by atoms with van der Waals surface area (Å²) >= 11 is 0. The average Bonchev–Trinajstić information content (AvgIpc) is 2.76. The summed E-state index contributed by atoms with van der Waals surface area (Å²) in [7, 11) is 1.95. The number of carbonyl (C=O) groups is 1. The van der Waals surface area contributed by atoms with Crippen LogP contribution in [0.15, 0.2) is 72.9 Å². The summed E-state index contributed by atoms with van der Waals surface area (Å²) in [6, 6.07) is 21.5. The van der Waals surface area contributed by atoms with Gasteiger partial charge < -0.3 is 15.1 Å². The Hall–Kier alpha value is -3.34. The first-order valence-corrected chi connectivity index (χ1v) is 9.53. The van der Waals surface area contributed by atoms with Crippen molar-refractivity contribution >= 4 is 28.8 Å². The molecule has 0 aliphatic rings. The Morgan fingerprint density at radius 2 is 1.57 bits per heavy atom. The van der Waals surface area contributed by atoms with Crippen molar-refractivity contribution in [3.63, 3.8) is 0 Å². The molecule has 0 radical (unpaired) electrons. The van der Waals surface area contributed by atoms with Gasteiger partial charge in [0.05, 0.1) is 5.56 Å². The van der Waals surface area contributed by atoms with Crippen molar-refractivity contribution < 1.29 is 4.79 Å². The van der Waals surface area contributed by atoms with Gasteiger partial charge in [-0.2, -0.15) is 0 Å². The van der Waals surface area contributed by atoms with Crippen molar-refractivity contribution in [1.29, 1.82) is 0 Å². The number of para-hydroxylation sites is 1. The van der Waals surface area contributed by atoms with E-state index in [2.05, 4.69) is 29.0 Å². The first-order valence-electron chi connectivity index (χ1n) is 9.53. The van der Waals surface area contributed by atoms with Gasteiger partial charge >= 0.3 is 0 Å². The number of hydrogen-bond donors (Lipinski definition) is 1. The van der Waals surface area contributed by atoms with Crippen LogP contribution in [0.5, 0.6) is 0 Å². The lowest BCUT2D eigenvalue weighted by Gasteiger charge is -2.21. The average molecular weight is 374 g/mol. The van der Waals surface area contributed by atoms with Crippen LogP contribution < -0.4 is 15.1 Å². The fourth-order valence-electron chi connectivity index (χ4n) is 3.05. The van der Waals surface area contributed by atoms with E-state index in [4.69, 9.17) is 0 Å². The molecule has 2 aromatic carbocycles. The fourth-order valence-corrected chi connectivity index (χ4v) is 3.05. The summed E-state index contributed by atoms with van der Waals surface area (Å²) in [5.74, 6) is 0.614. The molecular formula is C23H26N4O. The summed E-state index contributed by atoms with van der Waals surface area (Å²) in [6.07, 6.45) is 1.61. The summed E-state index contributed by atoms with van der Waals surface area (Å²) in [6.45, 7) is 6.17. The molecule has 5 nitrogen and oxygen atoms in total. The molecule has 0 aliphatic carbocycles. The quantitative estimate of drug-likeness (QED) is 0.636. The molecule has 1 amide bonds. The lowest BCUT2D eigenvalue weighted by molar-refractivity contribution is 0.102. The van der Waals surface area contributed by atoms with Gasteiger partial charge in [-0.05, 0) is 62.4 Å². The number of amides is 1. The number of hydrogen-bond acceptors (Lipinski definition) is 4. The van der Waals surface area contributed by atoms with Crippen LogP contribution in [0.3, 0.4) is 0 Å². The zero-order valence-electron chi connectivity index (χ0n) is 16.6. The number of pyridine rings is 1.